The summed E-state index contributed by atoms with van der Waals surface area (Å²) in [4.78, 5) is 13.5. The summed E-state index contributed by atoms with van der Waals surface area (Å²) in [5.74, 6) is 0.00921. The van der Waals surface area contributed by atoms with Gasteiger partial charge in [0.2, 0.25) is 5.91 Å². The van der Waals surface area contributed by atoms with E-state index in [0.29, 0.717) is 0 Å². The summed E-state index contributed by atoms with van der Waals surface area (Å²) in [5.41, 5.74) is 7.84. The lowest BCUT2D eigenvalue weighted by Crippen LogP contribution is -2.41. The van der Waals surface area contributed by atoms with E-state index in [-0.39, 0.29) is 5.91 Å². The van der Waals surface area contributed by atoms with E-state index in [4.69, 9.17) is 5.73 Å². The molecule has 74 valence electrons. The Balaban J connectivity index is 2.30. The van der Waals surface area contributed by atoms with Gasteiger partial charge in [0.05, 0.1) is 6.04 Å². The zero-order valence-electron chi connectivity index (χ0n) is 8.23. The number of hydrogen-bond acceptors (Lipinski definition) is 2. The van der Waals surface area contributed by atoms with Gasteiger partial charge >= 0.3 is 0 Å². The SMILES string of the molecule is C[C@@H](N)C(=O)N1CCc2ccccc21. The minimum absolute atomic E-state index is 0.00921. The highest BCUT2D eigenvalue weighted by Crippen LogP contribution is 2.27. The number of nitrogens with zero attached hydrogens (tertiary/aromatic N) is 1. The Morgan fingerprint density at radius 3 is 2.93 bits per heavy atom. The van der Waals surface area contributed by atoms with Crippen LogP contribution in [0.3, 0.4) is 0 Å². The fraction of sp³-hybridized carbons (Fsp3) is 0.364. The largest absolute Gasteiger partial charge is 0.320 e. The van der Waals surface area contributed by atoms with Gasteiger partial charge in [-0.1, -0.05) is 18.2 Å². The molecular formula is C11H14N2O. The molecule has 1 atom stereocenters. The summed E-state index contributed by atoms with van der Waals surface area (Å²) in [7, 11) is 0. The van der Waals surface area contributed by atoms with Gasteiger partial charge in [-0.15, -0.1) is 0 Å². The van der Waals surface area contributed by atoms with Crippen molar-refractivity contribution in [1.82, 2.24) is 0 Å². The molecule has 0 saturated carbocycles. The highest BCUT2D eigenvalue weighted by atomic mass is 16.2. The lowest BCUT2D eigenvalue weighted by Gasteiger charge is -2.19. The monoisotopic (exact) mass is 190 g/mol. The van der Waals surface area contributed by atoms with Gasteiger partial charge in [0.15, 0.2) is 0 Å². The number of nitrogens with two attached hydrogens (primary N) is 1. The molecule has 1 aromatic rings. The molecule has 3 heteroatoms. The minimum atomic E-state index is -0.416. The molecule has 0 fully saturated rings. The van der Waals surface area contributed by atoms with E-state index in [1.165, 1.54) is 5.56 Å². The van der Waals surface area contributed by atoms with Gasteiger partial charge in [-0.2, -0.15) is 0 Å². The van der Waals surface area contributed by atoms with E-state index in [1.54, 1.807) is 11.8 Å². The molecule has 1 amide bonds. The molecule has 0 saturated heterocycles. The Kier molecular flexibility index (Phi) is 2.25. The number of para-hydroxylation sites is 1. The number of benzene rings is 1. The molecule has 2 rings (SSSR count). The second-order valence-corrected chi connectivity index (χ2v) is 3.66. The average molecular weight is 190 g/mol. The molecule has 0 spiro atoms. The van der Waals surface area contributed by atoms with Crippen LogP contribution in [-0.2, 0) is 11.2 Å². The molecule has 0 unspecified atom stereocenters. The van der Waals surface area contributed by atoms with Crippen LogP contribution in [0.2, 0.25) is 0 Å². The smallest absolute Gasteiger partial charge is 0.243 e. The van der Waals surface area contributed by atoms with Crippen molar-refractivity contribution in [2.45, 2.75) is 19.4 Å². The van der Waals surface area contributed by atoms with E-state index in [0.717, 1.165) is 18.7 Å². The van der Waals surface area contributed by atoms with Crippen molar-refractivity contribution in [3.05, 3.63) is 29.8 Å². The van der Waals surface area contributed by atoms with Crippen LogP contribution in [-0.4, -0.2) is 18.5 Å². The molecule has 3 nitrogen and oxygen atoms in total. The topological polar surface area (TPSA) is 46.3 Å². The van der Waals surface area contributed by atoms with Crippen LogP contribution >= 0.6 is 0 Å². The van der Waals surface area contributed by atoms with Gasteiger partial charge in [-0.25, -0.2) is 0 Å². The summed E-state index contributed by atoms with van der Waals surface area (Å²) < 4.78 is 0. The molecule has 2 N–H and O–H groups in total. The van der Waals surface area contributed by atoms with Crippen molar-refractivity contribution in [2.24, 2.45) is 5.73 Å². The molecule has 0 radical (unpaired) electrons. The quantitative estimate of drug-likeness (QED) is 0.716. The fourth-order valence-corrected chi connectivity index (χ4v) is 1.81. The Morgan fingerprint density at radius 1 is 1.50 bits per heavy atom. The number of fused-ring (bicyclic) bond motifs is 1. The van der Waals surface area contributed by atoms with E-state index >= 15 is 0 Å². The first-order valence-electron chi connectivity index (χ1n) is 4.85. The van der Waals surface area contributed by atoms with E-state index in [1.807, 2.05) is 18.2 Å². The number of rotatable bonds is 1. The van der Waals surface area contributed by atoms with Crippen LogP contribution in [0.4, 0.5) is 5.69 Å². The minimum Gasteiger partial charge on any atom is -0.320 e. The van der Waals surface area contributed by atoms with Gasteiger partial charge < -0.3 is 10.6 Å². The van der Waals surface area contributed by atoms with Crippen LogP contribution in [0.5, 0.6) is 0 Å². The molecule has 14 heavy (non-hydrogen) atoms. The maximum absolute atomic E-state index is 11.7. The summed E-state index contributed by atoms with van der Waals surface area (Å²) in [6.45, 7) is 2.49. The number of carbonyl (C=O) groups is 1. The van der Waals surface area contributed by atoms with Crippen molar-refractivity contribution in [3.8, 4) is 0 Å². The molecule has 1 aliphatic rings. The van der Waals surface area contributed by atoms with E-state index < -0.39 is 6.04 Å². The summed E-state index contributed by atoms with van der Waals surface area (Å²) in [6.07, 6.45) is 0.939. The maximum atomic E-state index is 11.7. The normalized spacial score (nSPS) is 16.6. The Morgan fingerprint density at radius 2 is 2.21 bits per heavy atom. The predicted octanol–water partition coefficient (Wildman–Crippen LogP) is 0.923. The van der Waals surface area contributed by atoms with Crippen molar-refractivity contribution in [3.63, 3.8) is 0 Å². The molecule has 1 aromatic carbocycles. The zero-order chi connectivity index (χ0) is 10.1. The standard InChI is InChI=1S/C11H14N2O/c1-8(12)11(14)13-7-6-9-4-2-3-5-10(9)13/h2-5,8H,6-7,12H2,1H3/t8-/m1/s1. The van der Waals surface area contributed by atoms with Gasteiger partial charge in [-0.05, 0) is 25.0 Å². The van der Waals surface area contributed by atoms with Crippen LogP contribution in [0.25, 0.3) is 0 Å². The van der Waals surface area contributed by atoms with E-state index in [2.05, 4.69) is 6.07 Å². The molecule has 0 bridgehead atoms. The van der Waals surface area contributed by atoms with Crippen LogP contribution in [0.1, 0.15) is 12.5 Å². The summed E-state index contributed by atoms with van der Waals surface area (Å²) in [6, 6.07) is 7.57. The third kappa shape index (κ3) is 1.40. The highest BCUT2D eigenvalue weighted by Gasteiger charge is 2.25. The molecule has 0 aliphatic carbocycles. The van der Waals surface area contributed by atoms with Gasteiger partial charge in [0, 0.05) is 12.2 Å². The first kappa shape index (κ1) is 9.21. The fourth-order valence-electron chi connectivity index (χ4n) is 1.81. The maximum Gasteiger partial charge on any atom is 0.243 e. The van der Waals surface area contributed by atoms with Crippen molar-refractivity contribution >= 4 is 11.6 Å². The number of hydrogen-bond donors (Lipinski definition) is 1. The summed E-state index contributed by atoms with van der Waals surface area (Å²) in [5, 5.41) is 0. The Labute approximate surface area is 83.5 Å². The lowest BCUT2D eigenvalue weighted by molar-refractivity contribution is -0.119. The molecule has 0 aromatic heterocycles. The average Bonchev–Trinajstić information content (AvgIpc) is 2.60. The van der Waals surface area contributed by atoms with Crippen LogP contribution in [0.15, 0.2) is 24.3 Å². The molecule has 1 heterocycles. The summed E-state index contributed by atoms with van der Waals surface area (Å²) >= 11 is 0. The van der Waals surface area contributed by atoms with Crippen LogP contribution in [0, 0.1) is 0 Å². The van der Waals surface area contributed by atoms with Gasteiger partial charge in [0.1, 0.15) is 0 Å². The number of carbonyl (C=O) groups excluding carboxylic acids is 1. The van der Waals surface area contributed by atoms with Gasteiger partial charge in [0.25, 0.3) is 0 Å². The highest BCUT2D eigenvalue weighted by molar-refractivity contribution is 5.98. The number of amides is 1. The third-order valence-electron chi connectivity index (χ3n) is 2.54. The molecule has 1 aliphatic heterocycles. The second kappa shape index (κ2) is 3.42. The Hall–Kier alpha value is -1.35. The Bertz CT molecular complexity index is 360. The van der Waals surface area contributed by atoms with Crippen molar-refractivity contribution in [2.75, 3.05) is 11.4 Å². The van der Waals surface area contributed by atoms with Crippen molar-refractivity contribution in [1.29, 1.82) is 0 Å². The number of anilines is 1. The molecular weight excluding hydrogens is 176 g/mol. The van der Waals surface area contributed by atoms with Crippen molar-refractivity contribution < 1.29 is 4.79 Å². The third-order valence-corrected chi connectivity index (χ3v) is 2.54. The first-order chi connectivity index (χ1) is 6.70. The lowest BCUT2D eigenvalue weighted by atomic mass is 10.2. The van der Waals surface area contributed by atoms with Crippen LogP contribution < -0.4 is 10.6 Å². The predicted molar refractivity (Wildman–Crippen MR) is 56.1 cm³/mol. The van der Waals surface area contributed by atoms with Gasteiger partial charge in [-0.3, -0.25) is 4.79 Å². The second-order valence-electron chi connectivity index (χ2n) is 3.66. The zero-order valence-corrected chi connectivity index (χ0v) is 8.23. The van der Waals surface area contributed by atoms with E-state index in [9.17, 15) is 4.79 Å². The first-order valence-corrected chi connectivity index (χ1v) is 4.85.